The Morgan fingerprint density at radius 2 is 2.33 bits per heavy atom. The lowest BCUT2D eigenvalue weighted by Gasteiger charge is -2.14. The van der Waals surface area contributed by atoms with E-state index >= 15 is 0 Å². The molecule has 0 unspecified atom stereocenters. The molecule has 0 aromatic carbocycles. The summed E-state index contributed by atoms with van der Waals surface area (Å²) < 4.78 is 0. The van der Waals surface area contributed by atoms with Crippen LogP contribution in [0.15, 0.2) is 11.6 Å². The number of thioether (sulfide) groups is 1. The van der Waals surface area contributed by atoms with Crippen LogP contribution in [0.25, 0.3) is 0 Å². The Kier molecular flexibility index (Phi) is 2.65. The number of allylic oxidation sites excluding steroid dienone is 1. The van der Waals surface area contributed by atoms with Gasteiger partial charge in [-0.15, -0.1) is 0 Å². The van der Waals surface area contributed by atoms with E-state index in [9.17, 15) is 0 Å². The van der Waals surface area contributed by atoms with Crippen molar-refractivity contribution in [3.63, 3.8) is 0 Å². The van der Waals surface area contributed by atoms with Gasteiger partial charge in [-0.3, -0.25) is 0 Å². The lowest BCUT2D eigenvalue weighted by atomic mass is 10.0. The highest BCUT2D eigenvalue weighted by atomic mass is 32.2. The molecule has 0 atom stereocenters. The highest BCUT2D eigenvalue weighted by Crippen LogP contribution is 2.22. The summed E-state index contributed by atoms with van der Waals surface area (Å²) in [6, 6.07) is 0. The van der Waals surface area contributed by atoms with Gasteiger partial charge in [0.2, 0.25) is 0 Å². The van der Waals surface area contributed by atoms with E-state index in [1.165, 1.54) is 17.9 Å². The first kappa shape index (κ1) is 7.20. The molecule has 1 rings (SSSR count). The van der Waals surface area contributed by atoms with E-state index in [2.05, 4.69) is 19.9 Å². The van der Waals surface area contributed by atoms with Crippen molar-refractivity contribution in [1.82, 2.24) is 0 Å². The number of hydrogen-bond acceptors (Lipinski definition) is 1. The summed E-state index contributed by atoms with van der Waals surface area (Å²) in [7, 11) is 0. The molecule has 52 valence electrons. The molecule has 0 amide bonds. The van der Waals surface area contributed by atoms with Crippen molar-refractivity contribution in [3.05, 3.63) is 11.6 Å². The van der Waals surface area contributed by atoms with Crippen LogP contribution >= 0.6 is 11.8 Å². The van der Waals surface area contributed by atoms with Crippen molar-refractivity contribution in [2.45, 2.75) is 20.3 Å². The first-order valence-electron chi connectivity index (χ1n) is 3.57. The minimum atomic E-state index is 0.783. The highest BCUT2D eigenvalue weighted by molar-refractivity contribution is 7.99. The normalized spacial score (nSPS) is 20.1. The summed E-state index contributed by atoms with van der Waals surface area (Å²) >= 11 is 2.04. The molecule has 0 aromatic rings. The van der Waals surface area contributed by atoms with Gasteiger partial charge in [-0.05, 0) is 18.1 Å². The smallest absolute Gasteiger partial charge is 0.0116 e. The fraction of sp³-hybridized carbons (Fsp3) is 0.750. The van der Waals surface area contributed by atoms with Crippen molar-refractivity contribution in [3.8, 4) is 0 Å². The second-order valence-electron chi connectivity index (χ2n) is 2.76. The largest absolute Gasteiger partial charge is 0.158 e. The molecule has 0 saturated carbocycles. The Morgan fingerprint density at radius 3 is 2.67 bits per heavy atom. The number of rotatable bonds is 1. The first-order chi connectivity index (χ1) is 4.30. The van der Waals surface area contributed by atoms with Gasteiger partial charge >= 0.3 is 0 Å². The molecule has 0 aromatic heterocycles. The van der Waals surface area contributed by atoms with Crippen molar-refractivity contribution < 1.29 is 0 Å². The van der Waals surface area contributed by atoms with Crippen molar-refractivity contribution >= 4 is 11.8 Å². The zero-order valence-corrected chi connectivity index (χ0v) is 7.00. The number of hydrogen-bond donors (Lipinski definition) is 0. The standard InChI is InChI=1S/C8H14S/c1-7(2)8-3-5-9-6-4-8/h3,7H,4-6H2,1-2H3. The molecule has 9 heavy (non-hydrogen) atoms. The predicted molar refractivity (Wildman–Crippen MR) is 44.9 cm³/mol. The first-order valence-corrected chi connectivity index (χ1v) is 4.73. The molecular weight excluding hydrogens is 128 g/mol. The minimum absolute atomic E-state index is 0.783. The van der Waals surface area contributed by atoms with Gasteiger partial charge in [-0.25, -0.2) is 0 Å². The SMILES string of the molecule is CC(C)C1=CCSCC1. The van der Waals surface area contributed by atoms with Crippen LogP contribution in [0.4, 0.5) is 0 Å². The van der Waals surface area contributed by atoms with E-state index in [1.54, 1.807) is 5.57 Å². The van der Waals surface area contributed by atoms with Gasteiger partial charge in [-0.2, -0.15) is 11.8 Å². The van der Waals surface area contributed by atoms with Gasteiger partial charge in [0, 0.05) is 5.75 Å². The summed E-state index contributed by atoms with van der Waals surface area (Å²) in [5.74, 6) is 3.36. The van der Waals surface area contributed by atoms with Crippen molar-refractivity contribution in [2.24, 2.45) is 5.92 Å². The molecule has 0 fully saturated rings. The Balaban J connectivity index is 2.46. The minimum Gasteiger partial charge on any atom is -0.158 e. The molecule has 0 saturated heterocycles. The van der Waals surface area contributed by atoms with E-state index in [4.69, 9.17) is 0 Å². The Morgan fingerprint density at radius 1 is 1.56 bits per heavy atom. The topological polar surface area (TPSA) is 0 Å². The van der Waals surface area contributed by atoms with Gasteiger partial charge in [0.25, 0.3) is 0 Å². The average Bonchev–Trinajstić information content (AvgIpc) is 1.90. The molecule has 0 nitrogen and oxygen atoms in total. The Bertz CT molecular complexity index is 114. The maximum absolute atomic E-state index is 2.39. The second kappa shape index (κ2) is 3.31. The van der Waals surface area contributed by atoms with Gasteiger partial charge in [0.1, 0.15) is 0 Å². The highest BCUT2D eigenvalue weighted by Gasteiger charge is 2.05. The van der Waals surface area contributed by atoms with Gasteiger partial charge in [-0.1, -0.05) is 25.5 Å². The van der Waals surface area contributed by atoms with Crippen LogP contribution in [0, 0.1) is 5.92 Å². The molecule has 1 heterocycles. The van der Waals surface area contributed by atoms with E-state index in [1.807, 2.05) is 11.8 Å². The van der Waals surface area contributed by atoms with E-state index in [-0.39, 0.29) is 0 Å². The third-order valence-corrected chi connectivity index (χ3v) is 2.64. The molecule has 1 heteroatoms. The van der Waals surface area contributed by atoms with E-state index in [0.717, 1.165) is 5.92 Å². The lowest BCUT2D eigenvalue weighted by molar-refractivity contribution is 0.730. The fourth-order valence-corrected chi connectivity index (χ4v) is 1.94. The monoisotopic (exact) mass is 142 g/mol. The maximum Gasteiger partial charge on any atom is 0.0116 e. The zero-order valence-electron chi connectivity index (χ0n) is 6.18. The van der Waals surface area contributed by atoms with E-state index < -0.39 is 0 Å². The zero-order chi connectivity index (χ0) is 6.69. The summed E-state index contributed by atoms with van der Waals surface area (Å²) in [4.78, 5) is 0. The molecule has 0 spiro atoms. The van der Waals surface area contributed by atoms with Crippen LogP contribution in [-0.4, -0.2) is 11.5 Å². The van der Waals surface area contributed by atoms with Crippen molar-refractivity contribution in [1.29, 1.82) is 0 Å². The van der Waals surface area contributed by atoms with Crippen LogP contribution in [0.3, 0.4) is 0 Å². The van der Waals surface area contributed by atoms with Gasteiger partial charge < -0.3 is 0 Å². The molecule has 0 bridgehead atoms. The second-order valence-corrected chi connectivity index (χ2v) is 3.91. The summed E-state index contributed by atoms with van der Waals surface area (Å²) in [6.45, 7) is 4.56. The quantitative estimate of drug-likeness (QED) is 0.507. The summed E-state index contributed by atoms with van der Waals surface area (Å²) in [5, 5.41) is 0. The maximum atomic E-state index is 2.39. The lowest BCUT2D eigenvalue weighted by Crippen LogP contribution is -2.01. The Labute approximate surface area is 61.7 Å². The third-order valence-electron chi connectivity index (χ3n) is 1.74. The molecule has 0 radical (unpaired) electrons. The van der Waals surface area contributed by atoms with Gasteiger partial charge in [0.15, 0.2) is 0 Å². The molecule has 1 aliphatic heterocycles. The van der Waals surface area contributed by atoms with E-state index in [0.29, 0.717) is 0 Å². The Hall–Kier alpha value is 0.0900. The van der Waals surface area contributed by atoms with Crippen molar-refractivity contribution in [2.75, 3.05) is 11.5 Å². The third kappa shape index (κ3) is 2.05. The summed E-state index contributed by atoms with van der Waals surface area (Å²) in [6.07, 6.45) is 3.71. The van der Waals surface area contributed by atoms with Crippen LogP contribution < -0.4 is 0 Å². The molecule has 0 aliphatic carbocycles. The molecule has 1 aliphatic rings. The van der Waals surface area contributed by atoms with Crippen LogP contribution in [0.2, 0.25) is 0 Å². The predicted octanol–water partition coefficient (Wildman–Crippen LogP) is 2.71. The van der Waals surface area contributed by atoms with Crippen LogP contribution in [0.1, 0.15) is 20.3 Å². The van der Waals surface area contributed by atoms with Crippen LogP contribution in [0.5, 0.6) is 0 Å². The molecule has 0 N–H and O–H groups in total. The molecular formula is C8H14S. The fourth-order valence-electron chi connectivity index (χ4n) is 1.07. The summed E-state index contributed by atoms with van der Waals surface area (Å²) in [5.41, 5.74) is 1.66. The van der Waals surface area contributed by atoms with Crippen LogP contribution in [-0.2, 0) is 0 Å². The average molecular weight is 142 g/mol. The van der Waals surface area contributed by atoms with Gasteiger partial charge in [0.05, 0.1) is 0 Å².